The van der Waals surface area contributed by atoms with E-state index in [0.29, 0.717) is 0 Å². The van der Waals surface area contributed by atoms with Gasteiger partial charge in [0.25, 0.3) is 0 Å². The predicted molar refractivity (Wildman–Crippen MR) is 84.4 cm³/mol. The van der Waals surface area contributed by atoms with Crippen LogP contribution in [0.25, 0.3) is 21.5 Å². The number of halogens is 2. The molecule has 0 N–H and O–H groups in total. The van der Waals surface area contributed by atoms with Crippen LogP contribution in [0, 0.1) is 6.08 Å². The molecule has 1 aliphatic rings. The van der Waals surface area contributed by atoms with E-state index in [1.165, 1.54) is 21.5 Å². The molecule has 4 rings (SSSR count). The zero-order chi connectivity index (χ0) is 12.2. The summed E-state index contributed by atoms with van der Waals surface area (Å²) >= 11 is 0. The van der Waals surface area contributed by atoms with Crippen molar-refractivity contribution in [2.45, 2.75) is 6.42 Å². The van der Waals surface area contributed by atoms with Crippen molar-refractivity contribution in [1.82, 2.24) is 0 Å². The molecular formula is C18H14Cl2SiZr. The molecule has 0 heterocycles. The first-order chi connectivity index (χ1) is 8.95. The van der Waals surface area contributed by atoms with Crippen LogP contribution in [-0.4, -0.2) is 11.0 Å². The summed E-state index contributed by atoms with van der Waals surface area (Å²) in [5.74, 6) is 0. The summed E-state index contributed by atoms with van der Waals surface area (Å²) in [6.45, 7) is 0. The molecule has 108 valence electrons. The number of rotatable bonds is 0. The van der Waals surface area contributed by atoms with Crippen LogP contribution >= 0.6 is 0 Å². The Morgan fingerprint density at radius 1 is 0.818 bits per heavy atom. The van der Waals surface area contributed by atoms with E-state index in [0.717, 1.165) is 6.42 Å². The van der Waals surface area contributed by atoms with Gasteiger partial charge in [-0.2, -0.15) is 6.08 Å². The fraction of sp³-hybridized carbons (Fsp3) is 0.0556. The summed E-state index contributed by atoms with van der Waals surface area (Å²) in [4.78, 5) is 0. The topological polar surface area (TPSA) is 0 Å². The van der Waals surface area contributed by atoms with Gasteiger partial charge in [0, 0.05) is 11.0 Å². The summed E-state index contributed by atoms with van der Waals surface area (Å²) in [6, 6.07) is 19.3. The van der Waals surface area contributed by atoms with Gasteiger partial charge < -0.3 is 24.8 Å². The van der Waals surface area contributed by atoms with Crippen molar-refractivity contribution in [2.75, 3.05) is 0 Å². The molecule has 22 heavy (non-hydrogen) atoms. The van der Waals surface area contributed by atoms with Gasteiger partial charge >= 0.3 is 26.2 Å². The second-order valence-electron chi connectivity index (χ2n) is 4.32. The number of benzene rings is 2. The largest absolute Gasteiger partial charge is 4.00 e. The fourth-order valence-electron chi connectivity index (χ4n) is 2.24. The summed E-state index contributed by atoms with van der Waals surface area (Å²) < 4.78 is 0. The molecule has 0 fully saturated rings. The maximum atomic E-state index is 2.99. The van der Waals surface area contributed by atoms with Gasteiger partial charge in [-0.3, -0.25) is 6.08 Å². The molecule has 0 nitrogen and oxygen atoms in total. The molecule has 1 aliphatic carbocycles. The Labute approximate surface area is 168 Å². The van der Waals surface area contributed by atoms with Crippen LogP contribution in [-0.2, 0) is 26.2 Å². The number of allylic oxidation sites excluding steroid dienone is 4. The Hall–Kier alpha value is -0.530. The zero-order valence-corrected chi connectivity index (χ0v) is 16.9. The minimum atomic E-state index is 0. The average molecular weight is 421 g/mol. The van der Waals surface area contributed by atoms with Crippen LogP contribution in [0.15, 0.2) is 72.8 Å². The molecular weight excluding hydrogens is 406 g/mol. The molecule has 0 amide bonds. The maximum Gasteiger partial charge on any atom is 4.00 e. The van der Waals surface area contributed by atoms with Crippen molar-refractivity contribution in [3.8, 4) is 0 Å². The smallest absolute Gasteiger partial charge is 1.00 e. The Bertz CT molecular complexity index is 672. The molecule has 0 bridgehead atoms. The number of hydrogen-bond donors (Lipinski definition) is 0. The molecule has 4 radical (unpaired) electrons. The van der Waals surface area contributed by atoms with Crippen molar-refractivity contribution in [3.05, 3.63) is 78.9 Å². The summed E-state index contributed by atoms with van der Waals surface area (Å²) in [5.41, 5.74) is 0. The number of hydrogen-bond acceptors (Lipinski definition) is 0. The van der Waals surface area contributed by atoms with Crippen molar-refractivity contribution in [1.29, 1.82) is 0 Å². The van der Waals surface area contributed by atoms with Gasteiger partial charge in [-0.05, 0) is 0 Å². The Morgan fingerprint density at radius 2 is 1.32 bits per heavy atom. The fourth-order valence-corrected chi connectivity index (χ4v) is 2.24. The molecule has 4 heteroatoms. The SMILES string of the molecule is [C-]1=CC=CC1.[Cl-].[Cl-].[Si].[Zr+4].c1ccc2c(c1)[cH-]c1ccccc12. The minimum Gasteiger partial charge on any atom is -1.00 e. The van der Waals surface area contributed by atoms with Gasteiger partial charge in [0.1, 0.15) is 0 Å². The molecule has 0 aromatic heterocycles. The molecule has 0 spiro atoms. The molecule has 0 atom stereocenters. The van der Waals surface area contributed by atoms with Crippen LogP contribution in [0.1, 0.15) is 6.42 Å². The summed E-state index contributed by atoms with van der Waals surface area (Å²) in [7, 11) is 0. The van der Waals surface area contributed by atoms with E-state index in [-0.39, 0.29) is 62.0 Å². The molecule has 0 saturated heterocycles. The van der Waals surface area contributed by atoms with Crippen molar-refractivity contribution in [3.63, 3.8) is 0 Å². The van der Waals surface area contributed by atoms with E-state index >= 15 is 0 Å². The van der Waals surface area contributed by atoms with Gasteiger partial charge in [-0.25, -0.2) is 12.2 Å². The molecule has 3 aromatic rings. The van der Waals surface area contributed by atoms with Gasteiger partial charge in [0.2, 0.25) is 0 Å². The maximum absolute atomic E-state index is 2.99. The van der Waals surface area contributed by atoms with Crippen LogP contribution in [0.5, 0.6) is 0 Å². The van der Waals surface area contributed by atoms with E-state index in [1.807, 2.05) is 12.2 Å². The molecule has 0 saturated carbocycles. The van der Waals surface area contributed by atoms with E-state index < -0.39 is 0 Å². The van der Waals surface area contributed by atoms with E-state index in [4.69, 9.17) is 0 Å². The standard InChI is InChI=1S/C13H9.C5H5.2ClH.Si.Zr/c1-3-7-12-10(5-1)9-11-6-2-4-8-13(11)12;1-2-4-5-3-1;;;;/h1-9H;1-3H,4H2;2*1H;;/q2*-1;;;;+4/p-2. The van der Waals surface area contributed by atoms with Crippen molar-refractivity contribution in [2.24, 2.45) is 0 Å². The average Bonchev–Trinajstić information content (AvgIpc) is 3.10. The van der Waals surface area contributed by atoms with Crippen LogP contribution < -0.4 is 24.8 Å². The normalized spacial score (nSPS) is 10.5. The third kappa shape index (κ3) is 5.59. The Kier molecular flexibility index (Phi) is 12.9. The molecule has 0 aliphatic heterocycles. The third-order valence-electron chi connectivity index (χ3n) is 3.11. The minimum absolute atomic E-state index is 0. The first-order valence-electron chi connectivity index (χ1n) is 6.20. The Morgan fingerprint density at radius 3 is 1.68 bits per heavy atom. The van der Waals surface area contributed by atoms with Crippen molar-refractivity contribution >= 4 is 32.5 Å². The first kappa shape index (κ1) is 23.7. The second-order valence-corrected chi connectivity index (χ2v) is 4.32. The predicted octanol–water partition coefficient (Wildman–Crippen LogP) is -1.36. The monoisotopic (exact) mass is 418 g/mol. The summed E-state index contributed by atoms with van der Waals surface area (Å²) in [5, 5.41) is 5.39. The first-order valence-corrected chi connectivity index (χ1v) is 6.20. The number of fused-ring (bicyclic) bond motifs is 3. The Balaban J connectivity index is 0. The van der Waals surface area contributed by atoms with Crippen LogP contribution in [0.4, 0.5) is 0 Å². The van der Waals surface area contributed by atoms with Gasteiger partial charge in [0.05, 0.1) is 0 Å². The van der Waals surface area contributed by atoms with Gasteiger partial charge in [-0.15, -0.1) is 46.2 Å². The molecule has 3 aromatic carbocycles. The summed E-state index contributed by atoms with van der Waals surface area (Å²) in [6.07, 6.45) is 10.0. The van der Waals surface area contributed by atoms with Crippen molar-refractivity contribution < 1.29 is 51.0 Å². The van der Waals surface area contributed by atoms with Gasteiger partial charge in [0.15, 0.2) is 0 Å². The van der Waals surface area contributed by atoms with E-state index in [2.05, 4.69) is 66.7 Å². The van der Waals surface area contributed by atoms with E-state index in [9.17, 15) is 0 Å². The van der Waals surface area contributed by atoms with Crippen LogP contribution in [0.3, 0.4) is 0 Å². The molecule has 0 unspecified atom stereocenters. The third-order valence-corrected chi connectivity index (χ3v) is 3.11. The quantitative estimate of drug-likeness (QED) is 0.312. The second kappa shape index (κ2) is 12.0. The van der Waals surface area contributed by atoms with Crippen LogP contribution in [0.2, 0.25) is 0 Å². The van der Waals surface area contributed by atoms with Gasteiger partial charge in [-0.1, -0.05) is 36.4 Å². The van der Waals surface area contributed by atoms with E-state index in [1.54, 1.807) is 0 Å². The zero-order valence-electron chi connectivity index (χ0n) is 11.9.